The van der Waals surface area contributed by atoms with Crippen LogP contribution in [-0.4, -0.2) is 57.0 Å². The highest BCUT2D eigenvalue weighted by atomic mass is 32.2. The molecular formula is C8H18N2O3S. The van der Waals surface area contributed by atoms with E-state index < -0.39 is 10.0 Å². The first-order valence-electron chi connectivity index (χ1n) is 4.83. The molecule has 0 saturated carbocycles. The molecule has 1 heterocycles. The van der Waals surface area contributed by atoms with E-state index in [9.17, 15) is 8.42 Å². The van der Waals surface area contributed by atoms with Crippen LogP contribution < -0.4 is 4.72 Å². The van der Waals surface area contributed by atoms with Crippen molar-refractivity contribution in [2.75, 3.05) is 32.5 Å². The van der Waals surface area contributed by atoms with Crippen LogP contribution in [0.25, 0.3) is 0 Å². The van der Waals surface area contributed by atoms with Crippen LogP contribution in [-0.2, 0) is 10.0 Å². The second-order valence-electron chi connectivity index (χ2n) is 3.76. The first-order chi connectivity index (χ1) is 6.53. The first kappa shape index (κ1) is 11.9. The normalized spacial score (nSPS) is 25.1. The summed E-state index contributed by atoms with van der Waals surface area (Å²) in [5, 5.41) is 8.55. The van der Waals surface area contributed by atoms with E-state index in [4.69, 9.17) is 5.11 Å². The van der Waals surface area contributed by atoms with Crippen LogP contribution in [0.2, 0.25) is 0 Å². The van der Waals surface area contributed by atoms with Crippen molar-refractivity contribution in [3.8, 4) is 0 Å². The van der Waals surface area contributed by atoms with Crippen molar-refractivity contribution in [3.63, 3.8) is 0 Å². The number of piperidine rings is 1. The van der Waals surface area contributed by atoms with Gasteiger partial charge in [0.1, 0.15) is 0 Å². The molecule has 1 fully saturated rings. The van der Waals surface area contributed by atoms with Crippen molar-refractivity contribution in [1.29, 1.82) is 0 Å². The zero-order valence-corrected chi connectivity index (χ0v) is 9.26. The van der Waals surface area contributed by atoms with Crippen LogP contribution in [0.15, 0.2) is 0 Å². The SMILES string of the molecule is CN1CCCC(NS(=O)(=O)CCO)C1. The Bertz CT molecular complexity index is 266. The fraction of sp³-hybridized carbons (Fsp3) is 1.00. The number of hydrogen-bond acceptors (Lipinski definition) is 4. The molecule has 0 spiro atoms. The molecular weight excluding hydrogens is 204 g/mol. The lowest BCUT2D eigenvalue weighted by Crippen LogP contribution is -2.47. The Kier molecular flexibility index (Phi) is 4.31. The third-order valence-corrected chi connectivity index (χ3v) is 3.74. The number of likely N-dealkylation sites (N-methyl/N-ethyl adjacent to an activating group) is 1. The van der Waals surface area contributed by atoms with Crippen LogP contribution >= 0.6 is 0 Å². The van der Waals surface area contributed by atoms with Gasteiger partial charge in [0.25, 0.3) is 0 Å². The molecule has 5 nitrogen and oxygen atoms in total. The van der Waals surface area contributed by atoms with Crippen molar-refractivity contribution in [3.05, 3.63) is 0 Å². The number of rotatable bonds is 4. The molecule has 1 unspecified atom stereocenters. The summed E-state index contributed by atoms with van der Waals surface area (Å²) in [4.78, 5) is 2.11. The van der Waals surface area contributed by atoms with Gasteiger partial charge < -0.3 is 10.0 Å². The van der Waals surface area contributed by atoms with E-state index in [1.54, 1.807) is 0 Å². The van der Waals surface area contributed by atoms with E-state index in [-0.39, 0.29) is 18.4 Å². The topological polar surface area (TPSA) is 69.6 Å². The number of sulfonamides is 1. The lowest BCUT2D eigenvalue weighted by Gasteiger charge is -2.29. The van der Waals surface area contributed by atoms with Crippen LogP contribution in [0.4, 0.5) is 0 Å². The summed E-state index contributed by atoms with van der Waals surface area (Å²) < 4.78 is 25.2. The van der Waals surface area contributed by atoms with Crippen molar-refractivity contribution < 1.29 is 13.5 Å². The van der Waals surface area contributed by atoms with Gasteiger partial charge in [-0.25, -0.2) is 13.1 Å². The van der Waals surface area contributed by atoms with E-state index in [1.165, 1.54) is 0 Å². The molecule has 1 atom stereocenters. The first-order valence-corrected chi connectivity index (χ1v) is 6.48. The Morgan fingerprint density at radius 1 is 1.57 bits per heavy atom. The third kappa shape index (κ3) is 3.91. The number of likely N-dealkylation sites (tertiary alicyclic amines) is 1. The van der Waals surface area contributed by atoms with Gasteiger partial charge in [0.05, 0.1) is 12.4 Å². The van der Waals surface area contributed by atoms with Gasteiger partial charge in [0, 0.05) is 12.6 Å². The summed E-state index contributed by atoms with van der Waals surface area (Å²) in [6.45, 7) is 1.46. The maximum Gasteiger partial charge on any atom is 0.214 e. The number of nitrogens with zero attached hydrogens (tertiary/aromatic N) is 1. The zero-order chi connectivity index (χ0) is 10.6. The minimum atomic E-state index is -3.28. The maximum atomic E-state index is 11.3. The third-order valence-electron chi connectivity index (χ3n) is 2.33. The second-order valence-corrected chi connectivity index (χ2v) is 5.64. The Hall–Kier alpha value is -0.170. The summed E-state index contributed by atoms with van der Waals surface area (Å²) in [5.74, 6) is -0.201. The van der Waals surface area contributed by atoms with E-state index >= 15 is 0 Å². The van der Waals surface area contributed by atoms with Crippen LogP contribution in [0.3, 0.4) is 0 Å². The average Bonchev–Trinajstić information content (AvgIpc) is 2.02. The Morgan fingerprint density at radius 3 is 2.86 bits per heavy atom. The standard InChI is InChI=1S/C8H18N2O3S/c1-10-4-2-3-8(7-10)9-14(12,13)6-5-11/h8-9,11H,2-7H2,1H3. The number of nitrogens with one attached hydrogen (secondary N) is 1. The summed E-state index contributed by atoms with van der Waals surface area (Å²) in [7, 11) is -1.30. The predicted molar refractivity (Wildman–Crippen MR) is 54.5 cm³/mol. The quantitative estimate of drug-likeness (QED) is 0.639. The number of aliphatic hydroxyl groups excluding tert-OH is 1. The smallest absolute Gasteiger partial charge is 0.214 e. The summed E-state index contributed by atoms with van der Waals surface area (Å²) in [5.41, 5.74) is 0. The highest BCUT2D eigenvalue weighted by Gasteiger charge is 2.21. The second kappa shape index (κ2) is 5.06. The minimum absolute atomic E-state index is 0.00491. The molecule has 0 aromatic carbocycles. The molecule has 0 aromatic heterocycles. The molecule has 2 N–H and O–H groups in total. The Morgan fingerprint density at radius 2 is 2.29 bits per heavy atom. The van der Waals surface area contributed by atoms with E-state index in [1.807, 2.05) is 7.05 Å². The average molecular weight is 222 g/mol. The van der Waals surface area contributed by atoms with E-state index in [0.29, 0.717) is 0 Å². The molecule has 6 heteroatoms. The summed E-state index contributed by atoms with van der Waals surface area (Å²) >= 11 is 0. The van der Waals surface area contributed by atoms with E-state index in [2.05, 4.69) is 9.62 Å². The van der Waals surface area contributed by atoms with Crippen molar-refractivity contribution in [2.24, 2.45) is 0 Å². The molecule has 1 saturated heterocycles. The molecule has 1 aliphatic rings. The fourth-order valence-electron chi connectivity index (χ4n) is 1.70. The minimum Gasteiger partial charge on any atom is -0.395 e. The zero-order valence-electron chi connectivity index (χ0n) is 8.44. The maximum absolute atomic E-state index is 11.3. The summed E-state index contributed by atoms with van der Waals surface area (Å²) in [6.07, 6.45) is 1.90. The van der Waals surface area contributed by atoms with Crippen molar-refractivity contribution in [1.82, 2.24) is 9.62 Å². The van der Waals surface area contributed by atoms with Crippen LogP contribution in [0, 0.1) is 0 Å². The monoisotopic (exact) mass is 222 g/mol. The van der Waals surface area contributed by atoms with Gasteiger partial charge >= 0.3 is 0 Å². The molecule has 0 aliphatic carbocycles. The molecule has 1 aliphatic heterocycles. The van der Waals surface area contributed by atoms with Gasteiger partial charge in [0.15, 0.2) is 0 Å². The molecule has 0 amide bonds. The van der Waals surface area contributed by atoms with Crippen molar-refractivity contribution >= 4 is 10.0 Å². The van der Waals surface area contributed by atoms with Gasteiger partial charge in [0.2, 0.25) is 10.0 Å². The lowest BCUT2D eigenvalue weighted by atomic mass is 10.1. The van der Waals surface area contributed by atoms with Crippen LogP contribution in [0.5, 0.6) is 0 Å². The van der Waals surface area contributed by atoms with Gasteiger partial charge in [-0.2, -0.15) is 0 Å². The Labute approximate surface area is 85.2 Å². The highest BCUT2D eigenvalue weighted by molar-refractivity contribution is 7.89. The van der Waals surface area contributed by atoms with E-state index in [0.717, 1.165) is 25.9 Å². The lowest BCUT2D eigenvalue weighted by molar-refractivity contribution is 0.242. The molecule has 84 valence electrons. The molecule has 1 rings (SSSR count). The highest BCUT2D eigenvalue weighted by Crippen LogP contribution is 2.08. The fourth-order valence-corrected chi connectivity index (χ4v) is 2.75. The van der Waals surface area contributed by atoms with Crippen molar-refractivity contribution in [2.45, 2.75) is 18.9 Å². The Balaban J connectivity index is 2.43. The number of aliphatic hydroxyl groups is 1. The van der Waals surface area contributed by atoms with Gasteiger partial charge in [-0.3, -0.25) is 0 Å². The molecule has 0 aromatic rings. The largest absolute Gasteiger partial charge is 0.395 e. The molecule has 0 radical (unpaired) electrons. The number of hydrogen-bond donors (Lipinski definition) is 2. The van der Waals surface area contributed by atoms with Gasteiger partial charge in [-0.1, -0.05) is 0 Å². The molecule has 14 heavy (non-hydrogen) atoms. The van der Waals surface area contributed by atoms with Gasteiger partial charge in [-0.15, -0.1) is 0 Å². The molecule has 0 bridgehead atoms. The van der Waals surface area contributed by atoms with Gasteiger partial charge in [-0.05, 0) is 26.4 Å². The predicted octanol–water partition coefficient (Wildman–Crippen LogP) is -1.01. The summed E-state index contributed by atoms with van der Waals surface area (Å²) in [6, 6.07) is 0.00491. The van der Waals surface area contributed by atoms with Crippen LogP contribution in [0.1, 0.15) is 12.8 Å².